The van der Waals surface area contributed by atoms with Crippen LogP contribution in [-0.2, 0) is 14.8 Å². The van der Waals surface area contributed by atoms with E-state index in [1.54, 1.807) is 63.6 Å². The van der Waals surface area contributed by atoms with Crippen LogP contribution in [0, 0.1) is 0 Å². The number of halogens is 1. The standard InChI is InChI=1S/C19H23BrN2O5S/c1-13(17-11-16(26-2)8-9-18(17)27-3)21-19(23)12-22(28(4,24)25)15-7-5-6-14(20)10-15/h5-11,13H,12H2,1-4H3,(H,21,23)/t13-/m0/s1. The Kier molecular flexibility index (Phi) is 7.31. The molecule has 0 unspecified atom stereocenters. The number of hydrogen-bond donors (Lipinski definition) is 1. The number of carbonyl (C=O) groups is 1. The summed E-state index contributed by atoms with van der Waals surface area (Å²) in [5.41, 5.74) is 1.13. The second kappa shape index (κ2) is 9.29. The van der Waals surface area contributed by atoms with Gasteiger partial charge in [0.1, 0.15) is 18.0 Å². The van der Waals surface area contributed by atoms with Crippen molar-refractivity contribution in [1.82, 2.24) is 5.32 Å². The first-order valence-corrected chi connectivity index (χ1v) is 11.0. The molecule has 1 amide bonds. The van der Waals surface area contributed by atoms with E-state index >= 15 is 0 Å². The van der Waals surface area contributed by atoms with Crippen molar-refractivity contribution in [1.29, 1.82) is 0 Å². The minimum Gasteiger partial charge on any atom is -0.497 e. The van der Waals surface area contributed by atoms with Crippen molar-refractivity contribution in [3.63, 3.8) is 0 Å². The zero-order chi connectivity index (χ0) is 20.9. The number of carbonyl (C=O) groups excluding carboxylic acids is 1. The van der Waals surface area contributed by atoms with Crippen molar-refractivity contribution in [2.24, 2.45) is 0 Å². The van der Waals surface area contributed by atoms with Crippen LogP contribution in [0.4, 0.5) is 5.69 Å². The molecule has 1 N–H and O–H groups in total. The van der Waals surface area contributed by atoms with Gasteiger partial charge in [0.25, 0.3) is 0 Å². The minimum atomic E-state index is -3.65. The Bertz CT molecular complexity index is 949. The molecule has 0 aliphatic rings. The minimum absolute atomic E-state index is 0.341. The average molecular weight is 471 g/mol. The number of amides is 1. The summed E-state index contributed by atoms with van der Waals surface area (Å²) < 4.78 is 36.8. The van der Waals surface area contributed by atoms with E-state index in [1.165, 1.54) is 0 Å². The fraction of sp³-hybridized carbons (Fsp3) is 0.316. The van der Waals surface area contributed by atoms with E-state index in [1.807, 2.05) is 0 Å². The Balaban J connectivity index is 2.21. The fourth-order valence-electron chi connectivity index (χ4n) is 2.70. The molecule has 1 atom stereocenters. The molecule has 28 heavy (non-hydrogen) atoms. The van der Waals surface area contributed by atoms with Crippen LogP contribution in [-0.4, -0.2) is 41.3 Å². The van der Waals surface area contributed by atoms with Gasteiger partial charge in [0.2, 0.25) is 15.9 Å². The molecular formula is C19H23BrN2O5S. The number of hydrogen-bond acceptors (Lipinski definition) is 5. The molecule has 0 radical (unpaired) electrons. The van der Waals surface area contributed by atoms with Gasteiger partial charge in [0, 0.05) is 10.0 Å². The second-order valence-electron chi connectivity index (χ2n) is 6.15. The normalized spacial score (nSPS) is 12.2. The molecule has 2 rings (SSSR count). The quantitative estimate of drug-likeness (QED) is 0.640. The van der Waals surface area contributed by atoms with Crippen LogP contribution in [0.25, 0.3) is 0 Å². The molecule has 0 aliphatic carbocycles. The van der Waals surface area contributed by atoms with Crippen molar-refractivity contribution in [2.45, 2.75) is 13.0 Å². The van der Waals surface area contributed by atoms with Crippen LogP contribution in [0.1, 0.15) is 18.5 Å². The Morgan fingerprint density at radius 2 is 1.89 bits per heavy atom. The number of methoxy groups -OCH3 is 2. The highest BCUT2D eigenvalue weighted by atomic mass is 79.9. The molecule has 9 heteroatoms. The molecule has 0 aromatic heterocycles. The molecule has 0 fully saturated rings. The van der Waals surface area contributed by atoms with Gasteiger partial charge in [-0.05, 0) is 43.3 Å². The molecule has 7 nitrogen and oxygen atoms in total. The van der Waals surface area contributed by atoms with Gasteiger partial charge in [-0.25, -0.2) is 8.42 Å². The monoisotopic (exact) mass is 470 g/mol. The van der Waals surface area contributed by atoms with Crippen LogP contribution in [0.15, 0.2) is 46.9 Å². The van der Waals surface area contributed by atoms with Gasteiger partial charge in [-0.2, -0.15) is 0 Å². The molecule has 152 valence electrons. The number of sulfonamides is 1. The lowest BCUT2D eigenvalue weighted by Crippen LogP contribution is -2.41. The number of anilines is 1. The third-order valence-electron chi connectivity index (χ3n) is 4.06. The number of benzene rings is 2. The van der Waals surface area contributed by atoms with E-state index in [2.05, 4.69) is 21.2 Å². The maximum absolute atomic E-state index is 12.6. The summed E-state index contributed by atoms with van der Waals surface area (Å²) in [6, 6.07) is 11.6. The SMILES string of the molecule is COc1ccc(OC)c([C@H](C)NC(=O)CN(c2cccc(Br)c2)S(C)(=O)=O)c1. The third kappa shape index (κ3) is 5.62. The van der Waals surface area contributed by atoms with Gasteiger partial charge in [-0.1, -0.05) is 22.0 Å². The second-order valence-corrected chi connectivity index (χ2v) is 8.97. The first-order chi connectivity index (χ1) is 13.2. The number of nitrogens with one attached hydrogen (secondary N) is 1. The lowest BCUT2D eigenvalue weighted by molar-refractivity contribution is -0.120. The molecule has 0 saturated heterocycles. The number of nitrogens with zero attached hydrogens (tertiary/aromatic N) is 1. The van der Waals surface area contributed by atoms with E-state index in [-0.39, 0.29) is 6.54 Å². The predicted molar refractivity (Wildman–Crippen MR) is 112 cm³/mol. The van der Waals surface area contributed by atoms with Crippen LogP contribution in [0.5, 0.6) is 11.5 Å². The third-order valence-corrected chi connectivity index (χ3v) is 5.70. The largest absolute Gasteiger partial charge is 0.497 e. The summed E-state index contributed by atoms with van der Waals surface area (Å²) >= 11 is 3.32. The van der Waals surface area contributed by atoms with Crippen molar-refractivity contribution in [2.75, 3.05) is 31.3 Å². The van der Waals surface area contributed by atoms with Crippen LogP contribution >= 0.6 is 15.9 Å². The van der Waals surface area contributed by atoms with Gasteiger partial charge >= 0.3 is 0 Å². The predicted octanol–water partition coefficient (Wildman–Crippen LogP) is 3.11. The van der Waals surface area contributed by atoms with Gasteiger partial charge < -0.3 is 14.8 Å². The lowest BCUT2D eigenvalue weighted by Gasteiger charge is -2.24. The van der Waals surface area contributed by atoms with Crippen molar-refractivity contribution >= 4 is 37.5 Å². The van der Waals surface area contributed by atoms with Gasteiger partial charge in [-0.15, -0.1) is 0 Å². The van der Waals surface area contributed by atoms with Crippen molar-refractivity contribution < 1.29 is 22.7 Å². The Labute approximate surface area is 173 Å². The highest BCUT2D eigenvalue weighted by Crippen LogP contribution is 2.29. The zero-order valence-corrected chi connectivity index (χ0v) is 18.5. The summed E-state index contributed by atoms with van der Waals surface area (Å²) in [4.78, 5) is 12.6. The summed E-state index contributed by atoms with van der Waals surface area (Å²) in [6.07, 6.45) is 1.07. The number of rotatable bonds is 8. The van der Waals surface area contributed by atoms with Gasteiger partial charge in [0.15, 0.2) is 0 Å². The Morgan fingerprint density at radius 3 is 2.46 bits per heavy atom. The summed E-state index contributed by atoms with van der Waals surface area (Å²) in [7, 11) is -0.554. The summed E-state index contributed by atoms with van der Waals surface area (Å²) in [5.74, 6) is 0.784. The Morgan fingerprint density at radius 1 is 1.18 bits per heavy atom. The van der Waals surface area contributed by atoms with E-state index < -0.39 is 22.0 Å². The fourth-order valence-corrected chi connectivity index (χ4v) is 3.94. The summed E-state index contributed by atoms with van der Waals surface area (Å²) in [5, 5.41) is 2.82. The van der Waals surface area contributed by atoms with Crippen LogP contribution < -0.4 is 19.1 Å². The molecule has 0 aliphatic heterocycles. The first kappa shape index (κ1) is 22.0. The number of ether oxygens (including phenoxy) is 2. The van der Waals surface area contributed by atoms with Crippen molar-refractivity contribution in [3.8, 4) is 11.5 Å². The topological polar surface area (TPSA) is 84.9 Å². The average Bonchev–Trinajstić information content (AvgIpc) is 2.64. The molecular weight excluding hydrogens is 448 g/mol. The van der Waals surface area contributed by atoms with E-state index in [9.17, 15) is 13.2 Å². The van der Waals surface area contributed by atoms with E-state index in [0.717, 1.165) is 16.1 Å². The van der Waals surface area contributed by atoms with Gasteiger partial charge in [0.05, 0.1) is 32.2 Å². The van der Waals surface area contributed by atoms with E-state index in [0.29, 0.717) is 21.7 Å². The van der Waals surface area contributed by atoms with Gasteiger partial charge in [-0.3, -0.25) is 9.10 Å². The van der Waals surface area contributed by atoms with Crippen LogP contribution in [0.2, 0.25) is 0 Å². The Hall–Kier alpha value is -2.26. The highest BCUT2D eigenvalue weighted by molar-refractivity contribution is 9.10. The van der Waals surface area contributed by atoms with E-state index in [4.69, 9.17) is 9.47 Å². The van der Waals surface area contributed by atoms with Crippen LogP contribution in [0.3, 0.4) is 0 Å². The molecule has 0 heterocycles. The molecule has 0 bridgehead atoms. The summed E-state index contributed by atoms with van der Waals surface area (Å²) in [6.45, 7) is 1.45. The molecule has 2 aromatic rings. The first-order valence-electron chi connectivity index (χ1n) is 8.40. The lowest BCUT2D eigenvalue weighted by atomic mass is 10.1. The molecule has 2 aromatic carbocycles. The highest BCUT2D eigenvalue weighted by Gasteiger charge is 2.23. The maximum atomic E-state index is 12.6. The smallest absolute Gasteiger partial charge is 0.241 e. The molecule has 0 spiro atoms. The maximum Gasteiger partial charge on any atom is 0.241 e. The zero-order valence-electron chi connectivity index (χ0n) is 16.1. The van der Waals surface area contributed by atoms with Crippen molar-refractivity contribution in [3.05, 3.63) is 52.5 Å². The molecule has 0 saturated carbocycles.